The topological polar surface area (TPSA) is 29.5 Å². The minimum atomic E-state index is -0.691. The van der Waals surface area contributed by atoms with E-state index in [1.807, 2.05) is 32.0 Å². The lowest BCUT2D eigenvalue weighted by molar-refractivity contribution is 0.189. The second kappa shape index (κ2) is 6.06. The lowest BCUT2D eigenvalue weighted by atomic mass is 10.0. The monoisotopic (exact) mass is 274 g/mol. The standard InChI is InChI=1S/C17H19FO2/c1-11-5-4-6-12(2)16(11)10-20-17-9-14(18)7-8-15(17)13(3)19/h4-9,13,19H,10H2,1-3H3/t13-/m1/s1. The van der Waals surface area contributed by atoms with Crippen molar-refractivity contribution in [1.29, 1.82) is 0 Å². The molecule has 0 fully saturated rings. The van der Waals surface area contributed by atoms with E-state index in [9.17, 15) is 9.50 Å². The van der Waals surface area contributed by atoms with Crippen molar-refractivity contribution in [3.05, 3.63) is 64.5 Å². The van der Waals surface area contributed by atoms with Gasteiger partial charge in [0.15, 0.2) is 0 Å². The van der Waals surface area contributed by atoms with Crippen LogP contribution in [0.3, 0.4) is 0 Å². The van der Waals surface area contributed by atoms with Crippen LogP contribution in [0.4, 0.5) is 4.39 Å². The van der Waals surface area contributed by atoms with Crippen molar-refractivity contribution in [3.63, 3.8) is 0 Å². The third-order valence-corrected chi connectivity index (χ3v) is 3.44. The molecule has 2 aromatic carbocycles. The van der Waals surface area contributed by atoms with Gasteiger partial charge in [-0.25, -0.2) is 4.39 Å². The Morgan fingerprint density at radius 1 is 1.15 bits per heavy atom. The van der Waals surface area contributed by atoms with Crippen LogP contribution < -0.4 is 4.74 Å². The molecule has 0 bridgehead atoms. The Kier molecular flexibility index (Phi) is 4.40. The fourth-order valence-electron chi connectivity index (χ4n) is 2.20. The summed E-state index contributed by atoms with van der Waals surface area (Å²) in [6.45, 7) is 6.04. The zero-order valence-electron chi connectivity index (χ0n) is 12.0. The number of aliphatic hydroxyl groups excluding tert-OH is 1. The molecule has 0 aromatic heterocycles. The van der Waals surface area contributed by atoms with E-state index in [2.05, 4.69) is 0 Å². The minimum absolute atomic E-state index is 0.363. The number of rotatable bonds is 4. The molecular formula is C17H19FO2. The maximum Gasteiger partial charge on any atom is 0.128 e. The number of aryl methyl sites for hydroxylation is 2. The van der Waals surface area contributed by atoms with Gasteiger partial charge in [0.1, 0.15) is 18.2 Å². The first-order valence-electron chi connectivity index (χ1n) is 6.64. The quantitative estimate of drug-likeness (QED) is 0.910. The summed E-state index contributed by atoms with van der Waals surface area (Å²) in [5.74, 6) is 0.0218. The van der Waals surface area contributed by atoms with Crippen molar-refractivity contribution in [3.8, 4) is 5.75 Å². The number of aliphatic hydroxyl groups is 1. The first-order valence-corrected chi connectivity index (χ1v) is 6.64. The molecule has 0 heterocycles. The van der Waals surface area contributed by atoms with Crippen LogP contribution in [0.15, 0.2) is 36.4 Å². The maximum atomic E-state index is 13.3. The Morgan fingerprint density at radius 3 is 2.40 bits per heavy atom. The van der Waals surface area contributed by atoms with Crippen molar-refractivity contribution in [2.24, 2.45) is 0 Å². The van der Waals surface area contributed by atoms with E-state index in [1.165, 1.54) is 12.1 Å². The largest absolute Gasteiger partial charge is 0.488 e. The van der Waals surface area contributed by atoms with E-state index in [4.69, 9.17) is 4.74 Å². The van der Waals surface area contributed by atoms with Crippen molar-refractivity contribution in [2.75, 3.05) is 0 Å². The number of hydrogen-bond donors (Lipinski definition) is 1. The second-order valence-corrected chi connectivity index (χ2v) is 5.02. The summed E-state index contributed by atoms with van der Waals surface area (Å²) in [6, 6.07) is 10.2. The van der Waals surface area contributed by atoms with Crippen molar-refractivity contribution in [2.45, 2.75) is 33.5 Å². The smallest absolute Gasteiger partial charge is 0.128 e. The molecular weight excluding hydrogens is 255 g/mol. The van der Waals surface area contributed by atoms with Crippen LogP contribution in [0.5, 0.6) is 5.75 Å². The molecule has 0 aliphatic carbocycles. The summed E-state index contributed by atoms with van der Waals surface area (Å²) in [4.78, 5) is 0. The van der Waals surface area contributed by atoms with Crippen molar-refractivity contribution >= 4 is 0 Å². The number of hydrogen-bond acceptors (Lipinski definition) is 2. The van der Waals surface area contributed by atoms with Gasteiger partial charge in [-0.1, -0.05) is 18.2 Å². The Bertz CT molecular complexity index is 586. The highest BCUT2D eigenvalue weighted by Crippen LogP contribution is 2.27. The summed E-state index contributed by atoms with van der Waals surface area (Å²) < 4.78 is 19.1. The molecule has 2 aromatic rings. The van der Waals surface area contributed by atoms with Crippen LogP contribution in [0.25, 0.3) is 0 Å². The van der Waals surface area contributed by atoms with E-state index in [1.54, 1.807) is 13.0 Å². The van der Waals surface area contributed by atoms with Crippen LogP contribution in [0.1, 0.15) is 35.3 Å². The molecule has 0 radical (unpaired) electrons. The lowest BCUT2D eigenvalue weighted by Crippen LogP contribution is -2.04. The van der Waals surface area contributed by atoms with Crippen LogP contribution >= 0.6 is 0 Å². The van der Waals surface area contributed by atoms with Crippen molar-refractivity contribution < 1.29 is 14.2 Å². The van der Waals surface area contributed by atoms with Gasteiger partial charge in [-0.15, -0.1) is 0 Å². The number of ether oxygens (including phenoxy) is 1. The summed E-state index contributed by atoms with van der Waals surface area (Å²) in [5, 5.41) is 9.70. The van der Waals surface area contributed by atoms with Crippen LogP contribution in [-0.2, 0) is 6.61 Å². The molecule has 106 valence electrons. The molecule has 3 heteroatoms. The predicted molar refractivity (Wildman–Crippen MR) is 77.3 cm³/mol. The summed E-state index contributed by atoms with van der Waals surface area (Å²) >= 11 is 0. The Labute approximate surface area is 118 Å². The Hall–Kier alpha value is -1.87. The second-order valence-electron chi connectivity index (χ2n) is 5.02. The Morgan fingerprint density at radius 2 is 1.80 bits per heavy atom. The van der Waals surface area contributed by atoms with Gasteiger partial charge in [-0.2, -0.15) is 0 Å². The highest BCUT2D eigenvalue weighted by molar-refractivity contribution is 5.37. The Balaban J connectivity index is 2.25. The SMILES string of the molecule is Cc1cccc(C)c1COc1cc(F)ccc1[C@@H](C)O. The number of benzene rings is 2. The van der Waals surface area contributed by atoms with E-state index >= 15 is 0 Å². The average molecular weight is 274 g/mol. The highest BCUT2D eigenvalue weighted by Gasteiger charge is 2.11. The molecule has 2 nitrogen and oxygen atoms in total. The van der Waals surface area contributed by atoms with Crippen LogP contribution in [0.2, 0.25) is 0 Å². The average Bonchev–Trinajstić information content (AvgIpc) is 2.37. The fraction of sp³-hybridized carbons (Fsp3) is 0.294. The van der Waals surface area contributed by atoms with Gasteiger partial charge in [-0.3, -0.25) is 0 Å². The molecule has 0 saturated carbocycles. The zero-order chi connectivity index (χ0) is 14.7. The third kappa shape index (κ3) is 3.17. The van der Waals surface area contributed by atoms with Gasteiger partial charge in [0, 0.05) is 11.6 Å². The first-order chi connectivity index (χ1) is 9.49. The normalized spacial score (nSPS) is 12.2. The van der Waals surface area contributed by atoms with Gasteiger partial charge < -0.3 is 9.84 Å². The molecule has 0 aliphatic heterocycles. The van der Waals surface area contributed by atoms with E-state index in [0.717, 1.165) is 16.7 Å². The van der Waals surface area contributed by atoms with Gasteiger partial charge in [-0.05, 0) is 49.6 Å². The maximum absolute atomic E-state index is 13.3. The third-order valence-electron chi connectivity index (χ3n) is 3.44. The fourth-order valence-corrected chi connectivity index (χ4v) is 2.20. The molecule has 0 aliphatic rings. The lowest BCUT2D eigenvalue weighted by Gasteiger charge is -2.15. The van der Waals surface area contributed by atoms with Crippen LogP contribution in [0, 0.1) is 19.7 Å². The van der Waals surface area contributed by atoms with Crippen molar-refractivity contribution in [1.82, 2.24) is 0 Å². The molecule has 0 amide bonds. The molecule has 1 atom stereocenters. The summed E-state index contributed by atoms with van der Waals surface area (Å²) in [6.07, 6.45) is -0.691. The predicted octanol–water partition coefficient (Wildman–Crippen LogP) is 4.07. The molecule has 0 unspecified atom stereocenters. The molecule has 20 heavy (non-hydrogen) atoms. The van der Waals surface area contributed by atoms with E-state index < -0.39 is 6.10 Å². The minimum Gasteiger partial charge on any atom is -0.488 e. The van der Waals surface area contributed by atoms with E-state index in [-0.39, 0.29) is 5.82 Å². The van der Waals surface area contributed by atoms with Gasteiger partial charge in [0.25, 0.3) is 0 Å². The van der Waals surface area contributed by atoms with Gasteiger partial charge in [0.05, 0.1) is 6.10 Å². The zero-order valence-corrected chi connectivity index (χ0v) is 12.0. The van der Waals surface area contributed by atoms with E-state index in [0.29, 0.717) is 17.9 Å². The highest BCUT2D eigenvalue weighted by atomic mass is 19.1. The summed E-state index contributed by atoms with van der Waals surface area (Å²) in [5.41, 5.74) is 3.96. The summed E-state index contributed by atoms with van der Waals surface area (Å²) in [7, 11) is 0. The molecule has 2 rings (SSSR count). The number of halogens is 1. The van der Waals surface area contributed by atoms with Gasteiger partial charge >= 0.3 is 0 Å². The molecule has 0 spiro atoms. The molecule has 0 saturated heterocycles. The molecule has 1 N–H and O–H groups in total. The first kappa shape index (κ1) is 14.5. The van der Waals surface area contributed by atoms with Crippen LogP contribution in [-0.4, -0.2) is 5.11 Å². The van der Waals surface area contributed by atoms with Gasteiger partial charge in [0.2, 0.25) is 0 Å².